The van der Waals surface area contributed by atoms with Gasteiger partial charge in [0.15, 0.2) is 0 Å². The van der Waals surface area contributed by atoms with Crippen LogP contribution in [0.25, 0.3) is 5.69 Å². The molecule has 0 spiro atoms. The van der Waals surface area contributed by atoms with Crippen molar-refractivity contribution in [2.75, 3.05) is 19.5 Å². The number of nitrogens with one attached hydrogen (secondary N) is 1. The second-order valence-corrected chi connectivity index (χ2v) is 7.89. The fourth-order valence-electron chi connectivity index (χ4n) is 4.03. The van der Waals surface area contributed by atoms with Crippen molar-refractivity contribution in [3.8, 4) is 11.4 Å². The molecular weight excluding hydrogens is 430 g/mol. The summed E-state index contributed by atoms with van der Waals surface area (Å²) in [4.78, 5) is 25.6. The molecule has 1 aromatic heterocycles. The van der Waals surface area contributed by atoms with Gasteiger partial charge < -0.3 is 14.8 Å². The Morgan fingerprint density at radius 1 is 0.912 bits per heavy atom. The third-order valence-electron chi connectivity index (χ3n) is 5.95. The molecule has 0 bridgehead atoms. The molecule has 0 aliphatic heterocycles. The molecular formula is C27H27N3O4. The van der Waals surface area contributed by atoms with Crippen molar-refractivity contribution in [3.63, 3.8) is 0 Å². The van der Waals surface area contributed by atoms with E-state index < -0.39 is 12.0 Å². The minimum atomic E-state index is -0.432. The lowest BCUT2D eigenvalue weighted by molar-refractivity contribution is 0.0601. The average molecular weight is 458 g/mol. The molecule has 7 nitrogen and oxygen atoms in total. The van der Waals surface area contributed by atoms with Gasteiger partial charge in [-0.15, -0.1) is 0 Å². The van der Waals surface area contributed by atoms with Gasteiger partial charge >= 0.3 is 5.97 Å². The summed E-state index contributed by atoms with van der Waals surface area (Å²) in [6, 6.07) is 23.7. The molecule has 0 amide bonds. The van der Waals surface area contributed by atoms with Crippen LogP contribution >= 0.6 is 0 Å². The van der Waals surface area contributed by atoms with Crippen LogP contribution in [0.1, 0.15) is 33.2 Å². The molecule has 0 aliphatic carbocycles. The lowest BCUT2D eigenvalue weighted by Crippen LogP contribution is -2.24. The van der Waals surface area contributed by atoms with Crippen molar-refractivity contribution >= 4 is 11.7 Å². The first-order valence-corrected chi connectivity index (χ1v) is 10.9. The van der Waals surface area contributed by atoms with E-state index >= 15 is 0 Å². The number of hydrogen-bond acceptors (Lipinski definition) is 5. The predicted octanol–water partition coefficient (Wildman–Crippen LogP) is 4.48. The van der Waals surface area contributed by atoms with Crippen molar-refractivity contribution in [3.05, 3.63) is 112 Å². The molecule has 0 aliphatic rings. The molecule has 1 atom stereocenters. The highest BCUT2D eigenvalue weighted by Crippen LogP contribution is 2.29. The highest BCUT2D eigenvalue weighted by atomic mass is 16.5. The Morgan fingerprint density at radius 3 is 2.15 bits per heavy atom. The van der Waals surface area contributed by atoms with Crippen molar-refractivity contribution in [1.82, 2.24) is 9.36 Å². The molecule has 34 heavy (non-hydrogen) atoms. The second kappa shape index (κ2) is 9.70. The molecule has 174 valence electrons. The van der Waals surface area contributed by atoms with Crippen molar-refractivity contribution in [2.45, 2.75) is 13.0 Å². The first kappa shape index (κ1) is 22.9. The number of carbonyl (C=O) groups excluding carboxylic acids is 1. The van der Waals surface area contributed by atoms with Gasteiger partial charge in [0.1, 0.15) is 5.75 Å². The van der Waals surface area contributed by atoms with Crippen LogP contribution < -0.4 is 15.6 Å². The summed E-state index contributed by atoms with van der Waals surface area (Å²) >= 11 is 0. The summed E-state index contributed by atoms with van der Waals surface area (Å²) in [7, 11) is 4.85. The third kappa shape index (κ3) is 4.32. The fraction of sp³-hybridized carbons (Fsp3) is 0.185. The minimum absolute atomic E-state index is 0.106. The lowest BCUT2D eigenvalue weighted by Gasteiger charge is -2.20. The van der Waals surface area contributed by atoms with Gasteiger partial charge in [-0.05, 0) is 61.0 Å². The van der Waals surface area contributed by atoms with Crippen LogP contribution in [0.2, 0.25) is 0 Å². The molecule has 0 saturated carbocycles. The normalized spacial score (nSPS) is 11.6. The van der Waals surface area contributed by atoms with Crippen molar-refractivity contribution in [2.24, 2.45) is 7.05 Å². The molecule has 0 radical (unpaired) electrons. The SMILES string of the molecule is COC(=O)c1ccc(N[C@H](c2ccc(OC)cc2)c2c(C)n(C)n(-c3ccccc3)c2=O)cc1. The maximum absolute atomic E-state index is 13.7. The van der Waals surface area contributed by atoms with Gasteiger partial charge in [-0.25, -0.2) is 9.48 Å². The van der Waals surface area contributed by atoms with Crippen molar-refractivity contribution in [1.29, 1.82) is 0 Å². The standard InChI is InChI=1S/C27H27N3O4/c1-18-24(26(31)30(29(18)2)22-8-6-5-7-9-22)25(19-12-16-23(33-3)17-13-19)28-21-14-10-20(11-15-21)27(32)34-4/h5-17,25,28H,1-4H3/t25-/m1/s1. The zero-order valence-electron chi connectivity index (χ0n) is 19.6. The number of ether oxygens (including phenoxy) is 2. The number of hydrogen-bond donors (Lipinski definition) is 1. The predicted molar refractivity (Wildman–Crippen MR) is 132 cm³/mol. The van der Waals surface area contributed by atoms with E-state index in [1.54, 1.807) is 36.1 Å². The number of rotatable bonds is 7. The Bertz CT molecular complexity index is 1340. The van der Waals surface area contributed by atoms with E-state index in [1.165, 1.54) is 7.11 Å². The summed E-state index contributed by atoms with van der Waals surface area (Å²) in [5.41, 5.74) is 4.29. The van der Waals surface area contributed by atoms with Crippen molar-refractivity contribution < 1.29 is 14.3 Å². The summed E-state index contributed by atoms with van der Waals surface area (Å²) in [5, 5.41) is 3.49. The molecule has 4 rings (SSSR count). The minimum Gasteiger partial charge on any atom is -0.497 e. The maximum Gasteiger partial charge on any atom is 0.337 e. The molecule has 4 aromatic rings. The first-order valence-electron chi connectivity index (χ1n) is 10.9. The van der Waals surface area contributed by atoms with Gasteiger partial charge in [0, 0.05) is 18.4 Å². The van der Waals surface area contributed by atoms with Crippen LogP contribution in [0.3, 0.4) is 0 Å². The van der Waals surface area contributed by atoms with E-state index in [4.69, 9.17) is 9.47 Å². The number of aromatic nitrogens is 2. The Kier molecular flexibility index (Phi) is 6.54. The third-order valence-corrected chi connectivity index (χ3v) is 5.95. The summed E-state index contributed by atoms with van der Waals surface area (Å²) < 4.78 is 13.6. The number of nitrogens with zero attached hydrogens (tertiary/aromatic N) is 2. The van der Waals surface area contributed by atoms with Crippen LogP contribution in [0, 0.1) is 6.92 Å². The zero-order valence-corrected chi connectivity index (χ0v) is 19.6. The summed E-state index contributed by atoms with van der Waals surface area (Å²) in [6.45, 7) is 1.94. The van der Waals surface area contributed by atoms with E-state index in [2.05, 4.69) is 5.32 Å². The van der Waals surface area contributed by atoms with E-state index in [-0.39, 0.29) is 5.56 Å². The van der Waals surface area contributed by atoms with Crippen LogP contribution in [0.4, 0.5) is 5.69 Å². The maximum atomic E-state index is 13.7. The Labute approximate surface area is 198 Å². The van der Waals surface area contributed by atoms with Crippen LogP contribution in [-0.4, -0.2) is 29.6 Å². The van der Waals surface area contributed by atoms with Crippen LogP contribution in [0.5, 0.6) is 5.75 Å². The molecule has 7 heteroatoms. The summed E-state index contributed by atoms with van der Waals surface area (Å²) in [5.74, 6) is 0.333. The van der Waals surface area contributed by atoms with E-state index in [0.29, 0.717) is 11.1 Å². The fourth-order valence-corrected chi connectivity index (χ4v) is 4.03. The number of carbonyl (C=O) groups is 1. The molecule has 0 saturated heterocycles. The molecule has 1 N–H and O–H groups in total. The Morgan fingerprint density at radius 2 is 1.56 bits per heavy atom. The molecule has 0 fully saturated rings. The van der Waals surface area contributed by atoms with E-state index in [9.17, 15) is 9.59 Å². The topological polar surface area (TPSA) is 74.5 Å². The van der Waals surface area contributed by atoms with Gasteiger partial charge in [-0.3, -0.25) is 9.48 Å². The Balaban J connectivity index is 1.82. The largest absolute Gasteiger partial charge is 0.497 e. The van der Waals surface area contributed by atoms with Gasteiger partial charge in [0.25, 0.3) is 5.56 Å². The number of esters is 1. The van der Waals surface area contributed by atoms with Crippen LogP contribution in [0.15, 0.2) is 83.7 Å². The quantitative estimate of drug-likeness (QED) is 0.414. The van der Waals surface area contributed by atoms with E-state index in [0.717, 1.165) is 28.4 Å². The van der Waals surface area contributed by atoms with E-state index in [1.807, 2.05) is 73.3 Å². The molecule has 0 unspecified atom stereocenters. The number of para-hydroxylation sites is 1. The van der Waals surface area contributed by atoms with Gasteiger partial charge in [0.05, 0.1) is 37.1 Å². The summed E-state index contributed by atoms with van der Waals surface area (Å²) in [6.07, 6.45) is 0. The Hall–Kier alpha value is -4.26. The smallest absolute Gasteiger partial charge is 0.337 e. The van der Waals surface area contributed by atoms with Gasteiger partial charge in [0.2, 0.25) is 0 Å². The van der Waals surface area contributed by atoms with Gasteiger partial charge in [-0.1, -0.05) is 30.3 Å². The highest BCUT2D eigenvalue weighted by molar-refractivity contribution is 5.89. The number of methoxy groups -OCH3 is 2. The first-order chi connectivity index (χ1) is 16.4. The van der Waals surface area contributed by atoms with Gasteiger partial charge in [-0.2, -0.15) is 0 Å². The monoisotopic (exact) mass is 457 g/mol. The highest BCUT2D eigenvalue weighted by Gasteiger charge is 2.25. The number of benzene rings is 3. The average Bonchev–Trinajstić information content (AvgIpc) is 3.10. The lowest BCUT2D eigenvalue weighted by atomic mass is 9.98. The van der Waals surface area contributed by atoms with Crippen LogP contribution in [-0.2, 0) is 11.8 Å². The molecule has 1 heterocycles. The molecule has 3 aromatic carbocycles. The number of anilines is 1. The second-order valence-electron chi connectivity index (χ2n) is 7.89. The zero-order chi connectivity index (χ0) is 24.2.